The Morgan fingerprint density at radius 3 is 2.24 bits per heavy atom. The van der Waals surface area contributed by atoms with Crippen LogP contribution in [0.1, 0.15) is 55.3 Å². The van der Waals surface area contributed by atoms with Crippen molar-refractivity contribution >= 4 is 5.97 Å². The summed E-state index contributed by atoms with van der Waals surface area (Å²) in [5.74, 6) is 2.69. The van der Waals surface area contributed by atoms with Crippen LogP contribution in [0.4, 0.5) is 0 Å². The number of hydrogen-bond donors (Lipinski definition) is 0. The van der Waals surface area contributed by atoms with E-state index in [9.17, 15) is 4.79 Å². The SMILES string of the molecule is O=C(OCCC12CC3CC(CC(C3)C1)C2)c1ccncc1. The van der Waals surface area contributed by atoms with E-state index in [0.29, 0.717) is 17.6 Å². The maximum Gasteiger partial charge on any atom is 0.338 e. The van der Waals surface area contributed by atoms with Gasteiger partial charge in [0.25, 0.3) is 0 Å². The van der Waals surface area contributed by atoms with Crippen molar-refractivity contribution < 1.29 is 9.53 Å². The van der Waals surface area contributed by atoms with E-state index in [1.807, 2.05) is 0 Å². The lowest BCUT2D eigenvalue weighted by Gasteiger charge is -2.57. The average Bonchev–Trinajstić information content (AvgIpc) is 2.46. The van der Waals surface area contributed by atoms with Crippen molar-refractivity contribution in [2.75, 3.05) is 6.61 Å². The highest BCUT2D eigenvalue weighted by Crippen LogP contribution is 2.61. The topological polar surface area (TPSA) is 39.2 Å². The molecule has 112 valence electrons. The average molecular weight is 285 g/mol. The molecule has 0 aliphatic heterocycles. The summed E-state index contributed by atoms with van der Waals surface area (Å²) in [5, 5.41) is 0. The Morgan fingerprint density at radius 1 is 1.10 bits per heavy atom. The first-order valence-corrected chi connectivity index (χ1v) is 8.30. The lowest BCUT2D eigenvalue weighted by Crippen LogP contribution is -2.46. The second kappa shape index (κ2) is 5.11. The molecule has 4 saturated carbocycles. The zero-order chi connectivity index (χ0) is 14.3. The molecule has 0 unspecified atom stereocenters. The molecule has 0 radical (unpaired) electrons. The molecular formula is C18H23NO2. The molecule has 21 heavy (non-hydrogen) atoms. The van der Waals surface area contributed by atoms with Gasteiger partial charge in [-0.05, 0) is 80.2 Å². The van der Waals surface area contributed by atoms with Crippen LogP contribution in [0.3, 0.4) is 0 Å². The molecule has 1 aromatic rings. The molecule has 5 rings (SSSR count). The van der Waals surface area contributed by atoms with Crippen molar-refractivity contribution in [3.05, 3.63) is 30.1 Å². The van der Waals surface area contributed by atoms with Crippen LogP contribution >= 0.6 is 0 Å². The van der Waals surface area contributed by atoms with Gasteiger partial charge in [0.2, 0.25) is 0 Å². The van der Waals surface area contributed by atoms with Crippen LogP contribution in [-0.4, -0.2) is 17.6 Å². The fraction of sp³-hybridized carbons (Fsp3) is 0.667. The van der Waals surface area contributed by atoms with Gasteiger partial charge in [0.1, 0.15) is 0 Å². The Labute approximate surface area is 126 Å². The minimum Gasteiger partial charge on any atom is -0.462 e. The molecule has 0 spiro atoms. The molecule has 3 heteroatoms. The van der Waals surface area contributed by atoms with Crippen LogP contribution in [0.15, 0.2) is 24.5 Å². The molecule has 1 heterocycles. The molecular weight excluding hydrogens is 262 g/mol. The zero-order valence-corrected chi connectivity index (χ0v) is 12.5. The van der Waals surface area contributed by atoms with Crippen LogP contribution < -0.4 is 0 Å². The van der Waals surface area contributed by atoms with Gasteiger partial charge in [0.15, 0.2) is 0 Å². The second-order valence-corrected chi connectivity index (χ2v) is 7.54. The standard InChI is InChI=1S/C18H23NO2/c20-17(16-1-4-19-5-2-16)21-6-3-18-10-13-7-14(11-18)9-15(8-13)12-18/h1-2,4-5,13-15H,3,6-12H2. The third-order valence-electron chi connectivity index (χ3n) is 5.95. The van der Waals surface area contributed by atoms with Crippen molar-refractivity contribution in [3.8, 4) is 0 Å². The molecule has 0 atom stereocenters. The van der Waals surface area contributed by atoms with Crippen LogP contribution in [-0.2, 0) is 4.74 Å². The number of nitrogens with zero attached hydrogens (tertiary/aromatic N) is 1. The third kappa shape index (κ3) is 2.58. The quantitative estimate of drug-likeness (QED) is 0.789. The zero-order valence-electron chi connectivity index (χ0n) is 12.5. The molecule has 4 aliphatic carbocycles. The van der Waals surface area contributed by atoms with Crippen molar-refractivity contribution in [2.24, 2.45) is 23.2 Å². The van der Waals surface area contributed by atoms with Crippen molar-refractivity contribution in [1.29, 1.82) is 0 Å². The number of aromatic nitrogens is 1. The van der Waals surface area contributed by atoms with E-state index in [0.717, 1.165) is 24.2 Å². The summed E-state index contributed by atoms with van der Waals surface area (Å²) in [4.78, 5) is 15.9. The van der Waals surface area contributed by atoms with Gasteiger partial charge in [-0.3, -0.25) is 4.98 Å². The van der Waals surface area contributed by atoms with Gasteiger partial charge in [-0.15, -0.1) is 0 Å². The van der Waals surface area contributed by atoms with Crippen LogP contribution in [0.5, 0.6) is 0 Å². The minimum atomic E-state index is -0.206. The van der Waals surface area contributed by atoms with Gasteiger partial charge < -0.3 is 4.74 Å². The highest BCUT2D eigenvalue weighted by molar-refractivity contribution is 5.89. The molecule has 1 aromatic heterocycles. The summed E-state index contributed by atoms with van der Waals surface area (Å²) in [7, 11) is 0. The summed E-state index contributed by atoms with van der Waals surface area (Å²) in [5.41, 5.74) is 1.10. The molecule has 0 N–H and O–H groups in total. The highest BCUT2D eigenvalue weighted by Gasteiger charge is 2.50. The summed E-state index contributed by atoms with van der Waals surface area (Å²) < 4.78 is 5.50. The first-order chi connectivity index (χ1) is 10.2. The number of rotatable bonds is 4. The molecule has 0 aromatic carbocycles. The maximum absolute atomic E-state index is 12.0. The third-order valence-corrected chi connectivity index (χ3v) is 5.95. The Hall–Kier alpha value is -1.38. The molecule has 4 fully saturated rings. The van der Waals surface area contributed by atoms with E-state index in [1.54, 1.807) is 24.5 Å². The Kier molecular flexibility index (Phi) is 3.24. The monoisotopic (exact) mass is 285 g/mol. The first kappa shape index (κ1) is 13.3. The fourth-order valence-corrected chi connectivity index (χ4v) is 5.53. The van der Waals surface area contributed by atoms with Crippen molar-refractivity contribution in [1.82, 2.24) is 4.98 Å². The van der Waals surface area contributed by atoms with E-state index < -0.39 is 0 Å². The van der Waals surface area contributed by atoms with Crippen LogP contribution in [0.25, 0.3) is 0 Å². The summed E-state index contributed by atoms with van der Waals surface area (Å²) in [6, 6.07) is 3.43. The van der Waals surface area contributed by atoms with Gasteiger partial charge in [-0.1, -0.05) is 0 Å². The fourth-order valence-electron chi connectivity index (χ4n) is 5.53. The molecule has 3 nitrogen and oxygen atoms in total. The molecule has 0 saturated heterocycles. The van der Waals surface area contributed by atoms with E-state index >= 15 is 0 Å². The maximum atomic E-state index is 12.0. The van der Waals surface area contributed by atoms with E-state index in [1.165, 1.54) is 38.5 Å². The number of carbonyl (C=O) groups is 1. The second-order valence-electron chi connectivity index (χ2n) is 7.54. The molecule has 4 bridgehead atoms. The van der Waals surface area contributed by atoms with E-state index in [4.69, 9.17) is 4.74 Å². The lowest BCUT2D eigenvalue weighted by molar-refractivity contribution is -0.0653. The van der Waals surface area contributed by atoms with Gasteiger partial charge in [0.05, 0.1) is 12.2 Å². The number of pyridine rings is 1. The Bertz CT molecular complexity index is 490. The van der Waals surface area contributed by atoms with Crippen molar-refractivity contribution in [3.63, 3.8) is 0 Å². The number of hydrogen-bond acceptors (Lipinski definition) is 3. The number of ether oxygens (including phenoxy) is 1. The Balaban J connectivity index is 1.34. The van der Waals surface area contributed by atoms with Crippen LogP contribution in [0, 0.1) is 23.2 Å². The smallest absolute Gasteiger partial charge is 0.338 e. The normalized spacial score (nSPS) is 36.7. The predicted molar refractivity (Wildman–Crippen MR) is 79.7 cm³/mol. The predicted octanol–water partition coefficient (Wildman–Crippen LogP) is 3.84. The largest absolute Gasteiger partial charge is 0.462 e. The lowest BCUT2D eigenvalue weighted by atomic mass is 9.49. The van der Waals surface area contributed by atoms with Gasteiger partial charge >= 0.3 is 5.97 Å². The van der Waals surface area contributed by atoms with Gasteiger partial charge in [-0.25, -0.2) is 4.79 Å². The summed E-state index contributed by atoms with van der Waals surface area (Å²) in [6.07, 6.45) is 12.9. The van der Waals surface area contributed by atoms with E-state index in [-0.39, 0.29) is 5.97 Å². The first-order valence-electron chi connectivity index (χ1n) is 8.30. The number of esters is 1. The minimum absolute atomic E-state index is 0.206. The Morgan fingerprint density at radius 2 is 1.67 bits per heavy atom. The highest BCUT2D eigenvalue weighted by atomic mass is 16.5. The summed E-state index contributed by atoms with van der Waals surface area (Å²) >= 11 is 0. The van der Waals surface area contributed by atoms with Crippen LogP contribution in [0.2, 0.25) is 0 Å². The van der Waals surface area contributed by atoms with Gasteiger partial charge in [0, 0.05) is 12.4 Å². The number of carbonyl (C=O) groups excluding carboxylic acids is 1. The summed E-state index contributed by atoms with van der Waals surface area (Å²) in [6.45, 7) is 0.577. The van der Waals surface area contributed by atoms with E-state index in [2.05, 4.69) is 4.98 Å². The van der Waals surface area contributed by atoms with Crippen molar-refractivity contribution in [2.45, 2.75) is 44.9 Å². The molecule has 4 aliphatic rings. The molecule has 0 amide bonds. The van der Waals surface area contributed by atoms with Gasteiger partial charge in [-0.2, -0.15) is 0 Å².